The average Bonchev–Trinajstić information content (AvgIpc) is 3.02. The second kappa shape index (κ2) is 11.0. The van der Waals surface area contributed by atoms with Crippen LogP contribution >= 0.6 is 24.0 Å². The summed E-state index contributed by atoms with van der Waals surface area (Å²) < 4.78 is 2.01. The van der Waals surface area contributed by atoms with E-state index in [0.29, 0.717) is 6.54 Å². The number of aromatic nitrogens is 3. The van der Waals surface area contributed by atoms with Crippen molar-refractivity contribution in [2.75, 3.05) is 13.6 Å². The summed E-state index contributed by atoms with van der Waals surface area (Å²) in [5.74, 6) is 1.70. The zero-order valence-corrected chi connectivity index (χ0v) is 16.0. The maximum absolute atomic E-state index is 4.22. The van der Waals surface area contributed by atoms with Crippen molar-refractivity contribution in [1.29, 1.82) is 0 Å². The molecule has 0 radical (unpaired) electrons. The lowest BCUT2D eigenvalue weighted by Crippen LogP contribution is -2.38. The lowest BCUT2D eigenvalue weighted by Gasteiger charge is -2.11. The number of hydrogen-bond acceptors (Lipinski definition) is 3. The molecule has 2 rings (SSSR count). The third-order valence-corrected chi connectivity index (χ3v) is 3.45. The Labute approximate surface area is 154 Å². The molecule has 0 aliphatic carbocycles. The van der Waals surface area contributed by atoms with Crippen molar-refractivity contribution in [3.05, 3.63) is 48.0 Å². The summed E-state index contributed by atoms with van der Waals surface area (Å²) in [5, 5.41) is 14.6. The third kappa shape index (κ3) is 6.55. The Balaban J connectivity index is 0.00000264. The number of nitrogens with zero attached hydrogens (tertiary/aromatic N) is 4. The number of benzene rings is 1. The molecule has 6 nitrogen and oxygen atoms in total. The number of guanidine groups is 1. The van der Waals surface area contributed by atoms with E-state index in [-0.39, 0.29) is 24.0 Å². The van der Waals surface area contributed by atoms with Crippen molar-refractivity contribution in [3.63, 3.8) is 0 Å². The minimum absolute atomic E-state index is 0. The molecule has 7 heteroatoms. The first-order valence-corrected chi connectivity index (χ1v) is 7.68. The minimum atomic E-state index is 0. The van der Waals surface area contributed by atoms with Crippen LogP contribution in [0.2, 0.25) is 0 Å². The van der Waals surface area contributed by atoms with Crippen LogP contribution in [0.15, 0.2) is 41.7 Å². The Kier molecular flexibility index (Phi) is 9.27. The van der Waals surface area contributed by atoms with Gasteiger partial charge in [-0.15, -0.1) is 34.2 Å². The van der Waals surface area contributed by atoms with Crippen molar-refractivity contribution >= 4 is 29.9 Å². The normalized spacial score (nSPS) is 11.0. The van der Waals surface area contributed by atoms with Gasteiger partial charge in [0.1, 0.15) is 6.33 Å². The van der Waals surface area contributed by atoms with Crippen LogP contribution in [0, 0.1) is 0 Å². The van der Waals surface area contributed by atoms with Gasteiger partial charge < -0.3 is 15.2 Å². The lowest BCUT2D eigenvalue weighted by atomic mass is 10.1. The molecule has 1 aromatic heterocycles. The largest absolute Gasteiger partial charge is 0.356 e. The van der Waals surface area contributed by atoms with Gasteiger partial charge in [0.25, 0.3) is 0 Å². The maximum Gasteiger partial charge on any atom is 0.191 e. The highest BCUT2D eigenvalue weighted by Crippen LogP contribution is 2.01. The maximum atomic E-state index is 4.22. The fourth-order valence-electron chi connectivity index (χ4n) is 2.21. The first-order valence-electron chi connectivity index (χ1n) is 7.68. The monoisotopic (exact) mass is 428 g/mol. The van der Waals surface area contributed by atoms with Crippen LogP contribution in [-0.2, 0) is 19.5 Å². The summed E-state index contributed by atoms with van der Waals surface area (Å²) in [4.78, 5) is 4.22. The summed E-state index contributed by atoms with van der Waals surface area (Å²) in [7, 11) is 1.77. The van der Waals surface area contributed by atoms with Crippen molar-refractivity contribution in [2.24, 2.45) is 4.99 Å². The Bertz CT molecular complexity index is 581. The Morgan fingerprint density at radius 3 is 2.70 bits per heavy atom. The van der Waals surface area contributed by atoms with Crippen LogP contribution in [-0.4, -0.2) is 34.3 Å². The van der Waals surface area contributed by atoms with Crippen LogP contribution in [0.4, 0.5) is 0 Å². The second-order valence-electron chi connectivity index (χ2n) is 4.97. The van der Waals surface area contributed by atoms with Gasteiger partial charge in [-0.05, 0) is 25.3 Å². The first-order chi connectivity index (χ1) is 10.8. The average molecular weight is 428 g/mol. The fourth-order valence-corrected chi connectivity index (χ4v) is 2.21. The molecule has 0 saturated heterocycles. The lowest BCUT2D eigenvalue weighted by molar-refractivity contribution is 0.666. The standard InChI is InChI=1S/C16H24N6.HI/c1-3-22-13-20-21-15(22)12-19-16(17-2)18-11-7-10-14-8-5-4-6-9-14;/h4-6,8-9,13H,3,7,10-12H2,1-2H3,(H2,17,18,19);1H. The van der Waals surface area contributed by atoms with E-state index < -0.39 is 0 Å². The number of rotatable bonds is 7. The van der Waals surface area contributed by atoms with E-state index in [9.17, 15) is 0 Å². The molecule has 126 valence electrons. The molecule has 0 amide bonds. The van der Waals surface area contributed by atoms with E-state index in [1.807, 2.05) is 10.6 Å². The van der Waals surface area contributed by atoms with Gasteiger partial charge in [0.05, 0.1) is 6.54 Å². The van der Waals surface area contributed by atoms with Crippen molar-refractivity contribution in [3.8, 4) is 0 Å². The zero-order valence-electron chi connectivity index (χ0n) is 13.7. The molecular formula is C16H25IN6. The Morgan fingerprint density at radius 1 is 1.22 bits per heavy atom. The number of hydrogen-bond donors (Lipinski definition) is 2. The fraction of sp³-hybridized carbons (Fsp3) is 0.438. The van der Waals surface area contributed by atoms with Gasteiger partial charge in [-0.25, -0.2) is 0 Å². The van der Waals surface area contributed by atoms with Crippen molar-refractivity contribution in [1.82, 2.24) is 25.4 Å². The summed E-state index contributed by atoms with van der Waals surface area (Å²) in [5.41, 5.74) is 1.36. The Hall–Kier alpha value is -1.64. The zero-order chi connectivity index (χ0) is 15.6. The summed E-state index contributed by atoms with van der Waals surface area (Å²) >= 11 is 0. The molecule has 1 heterocycles. The summed E-state index contributed by atoms with van der Waals surface area (Å²) in [6, 6.07) is 10.5. The van der Waals surface area contributed by atoms with Gasteiger partial charge in [-0.2, -0.15) is 0 Å². The molecule has 2 N–H and O–H groups in total. The predicted octanol–water partition coefficient (Wildman–Crippen LogP) is 2.21. The topological polar surface area (TPSA) is 67.1 Å². The number of aryl methyl sites for hydroxylation is 2. The highest BCUT2D eigenvalue weighted by molar-refractivity contribution is 14.0. The van der Waals surface area contributed by atoms with Gasteiger partial charge in [-0.3, -0.25) is 4.99 Å². The number of nitrogens with one attached hydrogen (secondary N) is 2. The van der Waals surface area contributed by atoms with Crippen LogP contribution < -0.4 is 10.6 Å². The predicted molar refractivity (Wildman–Crippen MR) is 104 cm³/mol. The van der Waals surface area contributed by atoms with E-state index in [4.69, 9.17) is 0 Å². The van der Waals surface area contributed by atoms with Gasteiger partial charge in [0.2, 0.25) is 0 Å². The Morgan fingerprint density at radius 2 is 2.00 bits per heavy atom. The quantitative estimate of drug-likeness (QED) is 0.307. The third-order valence-electron chi connectivity index (χ3n) is 3.45. The minimum Gasteiger partial charge on any atom is -0.356 e. The summed E-state index contributed by atoms with van der Waals surface area (Å²) in [6.07, 6.45) is 3.87. The van der Waals surface area contributed by atoms with E-state index in [2.05, 4.69) is 57.0 Å². The highest BCUT2D eigenvalue weighted by Gasteiger charge is 2.03. The molecule has 0 unspecified atom stereocenters. The van der Waals surface area contributed by atoms with Crippen LogP contribution in [0.25, 0.3) is 0 Å². The first kappa shape index (κ1) is 19.4. The van der Waals surface area contributed by atoms with E-state index in [1.54, 1.807) is 13.4 Å². The molecule has 2 aromatic rings. The van der Waals surface area contributed by atoms with Crippen molar-refractivity contribution in [2.45, 2.75) is 32.9 Å². The molecule has 0 aliphatic rings. The van der Waals surface area contributed by atoms with Crippen LogP contribution in [0.5, 0.6) is 0 Å². The van der Waals surface area contributed by atoms with E-state index in [1.165, 1.54) is 5.56 Å². The van der Waals surface area contributed by atoms with Crippen molar-refractivity contribution < 1.29 is 0 Å². The molecule has 0 saturated carbocycles. The van der Waals surface area contributed by atoms with E-state index in [0.717, 1.165) is 37.7 Å². The molecule has 1 aromatic carbocycles. The van der Waals surface area contributed by atoms with E-state index >= 15 is 0 Å². The SMILES string of the molecule is CCn1cnnc1CNC(=NC)NCCCc1ccccc1.I. The highest BCUT2D eigenvalue weighted by atomic mass is 127. The van der Waals surface area contributed by atoms with Gasteiger partial charge in [-0.1, -0.05) is 30.3 Å². The molecule has 0 fully saturated rings. The molecule has 0 aliphatic heterocycles. The molecule has 23 heavy (non-hydrogen) atoms. The van der Waals surface area contributed by atoms with Crippen LogP contribution in [0.3, 0.4) is 0 Å². The molecule has 0 atom stereocenters. The molecular weight excluding hydrogens is 403 g/mol. The smallest absolute Gasteiger partial charge is 0.191 e. The van der Waals surface area contributed by atoms with Gasteiger partial charge in [0.15, 0.2) is 11.8 Å². The molecule has 0 bridgehead atoms. The van der Waals surface area contributed by atoms with Gasteiger partial charge >= 0.3 is 0 Å². The number of aliphatic imine (C=N–C) groups is 1. The van der Waals surface area contributed by atoms with Gasteiger partial charge in [0, 0.05) is 20.1 Å². The second-order valence-corrected chi connectivity index (χ2v) is 4.97. The molecule has 0 spiro atoms. The van der Waals surface area contributed by atoms with Crippen LogP contribution in [0.1, 0.15) is 24.7 Å². The number of halogens is 1. The summed E-state index contributed by atoms with van der Waals surface area (Å²) in [6.45, 7) is 4.44.